The average molecular weight is 323 g/mol. The van der Waals surface area contributed by atoms with Gasteiger partial charge in [-0.05, 0) is 41.8 Å². The van der Waals surface area contributed by atoms with E-state index in [1.165, 1.54) is 0 Å². The number of hydrogen-bond acceptors (Lipinski definition) is 6. The lowest BCUT2D eigenvalue weighted by Gasteiger charge is -2.04. The zero-order chi connectivity index (χ0) is 16.1. The molecule has 114 valence electrons. The largest absolute Gasteiger partial charge is 0.497 e. The molecule has 0 radical (unpaired) electrons. The van der Waals surface area contributed by atoms with Gasteiger partial charge >= 0.3 is 0 Å². The summed E-state index contributed by atoms with van der Waals surface area (Å²) in [5.74, 6) is 1.46. The zero-order valence-electron chi connectivity index (χ0n) is 12.3. The van der Waals surface area contributed by atoms with Crippen molar-refractivity contribution in [3.63, 3.8) is 0 Å². The molecule has 0 fully saturated rings. The normalized spacial score (nSPS) is 10.6. The third kappa shape index (κ3) is 3.59. The van der Waals surface area contributed by atoms with Gasteiger partial charge in [0.15, 0.2) is 0 Å². The van der Waals surface area contributed by atoms with Gasteiger partial charge in [-0.3, -0.25) is 0 Å². The number of hydrogen-bond donors (Lipinski definition) is 1. The van der Waals surface area contributed by atoms with Gasteiger partial charge in [0, 0.05) is 16.6 Å². The summed E-state index contributed by atoms with van der Waals surface area (Å²) in [6, 6.07) is 13.3. The highest BCUT2D eigenvalue weighted by Crippen LogP contribution is 2.24. The Bertz CT molecular complexity index is 843. The van der Waals surface area contributed by atoms with Gasteiger partial charge in [0.25, 0.3) is 0 Å². The molecule has 2 aromatic heterocycles. The molecular formula is C17H13N3O2S. The predicted octanol–water partition coefficient (Wildman–Crippen LogP) is 4.53. The van der Waals surface area contributed by atoms with E-state index in [9.17, 15) is 5.26 Å². The maximum atomic E-state index is 9.19. The van der Waals surface area contributed by atoms with Crippen molar-refractivity contribution in [3.8, 4) is 11.8 Å². The van der Waals surface area contributed by atoms with E-state index < -0.39 is 0 Å². The van der Waals surface area contributed by atoms with Crippen LogP contribution in [0.25, 0.3) is 12.2 Å². The van der Waals surface area contributed by atoms with Gasteiger partial charge in [-0.2, -0.15) is 10.2 Å². The molecule has 3 aromatic rings. The molecule has 0 saturated heterocycles. The van der Waals surface area contributed by atoms with Crippen molar-refractivity contribution < 1.29 is 9.15 Å². The Hall–Kier alpha value is -3.04. The molecule has 23 heavy (non-hydrogen) atoms. The van der Waals surface area contributed by atoms with Crippen LogP contribution in [0, 0.1) is 11.3 Å². The summed E-state index contributed by atoms with van der Waals surface area (Å²) in [4.78, 5) is 5.25. The molecule has 1 aromatic carbocycles. The molecule has 0 spiro atoms. The first-order valence-electron chi connectivity index (χ1n) is 6.82. The van der Waals surface area contributed by atoms with Crippen LogP contribution in [0.15, 0.2) is 46.2 Å². The first-order valence-corrected chi connectivity index (χ1v) is 7.70. The van der Waals surface area contributed by atoms with E-state index in [1.54, 1.807) is 24.5 Å². The molecule has 3 rings (SSSR count). The Labute approximate surface area is 137 Å². The summed E-state index contributed by atoms with van der Waals surface area (Å²) in [6.07, 6.45) is 3.64. The first kappa shape index (κ1) is 14.9. The fraction of sp³-hybridized carbons (Fsp3) is 0.0588. The molecule has 0 atom stereocenters. The minimum Gasteiger partial charge on any atom is -0.497 e. The number of oxazole rings is 1. The molecular weight excluding hydrogens is 310 g/mol. The summed E-state index contributed by atoms with van der Waals surface area (Å²) >= 11 is 1.62. The minimum absolute atomic E-state index is 0.214. The van der Waals surface area contributed by atoms with Gasteiger partial charge in [0.05, 0.1) is 7.11 Å². The van der Waals surface area contributed by atoms with Crippen LogP contribution in [-0.4, -0.2) is 12.1 Å². The van der Waals surface area contributed by atoms with Crippen LogP contribution in [0.3, 0.4) is 0 Å². The molecule has 6 heteroatoms. The van der Waals surface area contributed by atoms with Crippen LogP contribution in [0.5, 0.6) is 5.75 Å². The average Bonchev–Trinajstić information content (AvgIpc) is 3.23. The lowest BCUT2D eigenvalue weighted by atomic mass is 10.3. The second kappa shape index (κ2) is 6.81. The highest BCUT2D eigenvalue weighted by atomic mass is 32.1. The van der Waals surface area contributed by atoms with Crippen molar-refractivity contribution in [2.24, 2.45) is 0 Å². The van der Waals surface area contributed by atoms with Gasteiger partial charge in [-0.15, -0.1) is 11.3 Å². The van der Waals surface area contributed by atoms with E-state index in [1.807, 2.05) is 53.9 Å². The Balaban J connectivity index is 1.80. The maximum absolute atomic E-state index is 9.19. The molecule has 0 bridgehead atoms. The van der Waals surface area contributed by atoms with Crippen LogP contribution in [0.4, 0.5) is 11.6 Å². The van der Waals surface area contributed by atoms with E-state index in [0.717, 1.165) is 16.3 Å². The van der Waals surface area contributed by atoms with Crippen LogP contribution in [0.1, 0.15) is 16.5 Å². The molecule has 0 aliphatic heterocycles. The maximum Gasteiger partial charge on any atom is 0.236 e. The summed E-state index contributed by atoms with van der Waals surface area (Å²) in [5.41, 5.74) is 0.999. The second-order valence-electron chi connectivity index (χ2n) is 4.54. The molecule has 0 saturated carbocycles. The smallest absolute Gasteiger partial charge is 0.236 e. The first-order chi connectivity index (χ1) is 11.3. The minimum atomic E-state index is 0.214. The van der Waals surface area contributed by atoms with Gasteiger partial charge in [0.1, 0.15) is 11.8 Å². The van der Waals surface area contributed by atoms with E-state index in [4.69, 9.17) is 9.15 Å². The van der Waals surface area contributed by atoms with Crippen molar-refractivity contribution in [3.05, 3.63) is 58.2 Å². The second-order valence-corrected chi connectivity index (χ2v) is 5.52. The van der Waals surface area contributed by atoms with Crippen molar-refractivity contribution in [2.75, 3.05) is 12.4 Å². The van der Waals surface area contributed by atoms with Gasteiger partial charge in [0.2, 0.25) is 17.5 Å². The van der Waals surface area contributed by atoms with Gasteiger partial charge < -0.3 is 14.5 Å². The Morgan fingerprint density at radius 2 is 2.09 bits per heavy atom. The topological polar surface area (TPSA) is 71.1 Å². The number of nitrogens with one attached hydrogen (secondary N) is 1. The van der Waals surface area contributed by atoms with Gasteiger partial charge in [-0.1, -0.05) is 6.07 Å². The summed E-state index contributed by atoms with van der Waals surface area (Å²) in [7, 11) is 1.61. The Morgan fingerprint density at radius 1 is 1.26 bits per heavy atom. The van der Waals surface area contributed by atoms with E-state index in [2.05, 4.69) is 10.3 Å². The fourth-order valence-corrected chi connectivity index (χ4v) is 2.53. The molecule has 1 N–H and O–H groups in total. The fourth-order valence-electron chi connectivity index (χ4n) is 1.91. The Kier molecular flexibility index (Phi) is 4.41. The zero-order valence-corrected chi connectivity index (χ0v) is 13.1. The number of nitriles is 1. The van der Waals surface area contributed by atoms with Crippen LogP contribution in [-0.2, 0) is 0 Å². The third-order valence-electron chi connectivity index (χ3n) is 3.03. The SMILES string of the molecule is COc1ccc(Nc2oc(C=Cc3cccs3)nc2C#N)cc1. The monoisotopic (exact) mass is 323 g/mol. The predicted molar refractivity (Wildman–Crippen MR) is 90.7 cm³/mol. The number of nitrogens with zero attached hydrogens (tertiary/aromatic N) is 2. The summed E-state index contributed by atoms with van der Waals surface area (Å²) in [6.45, 7) is 0. The molecule has 5 nitrogen and oxygen atoms in total. The standard InChI is InChI=1S/C17H13N3O2S/c1-21-13-6-4-12(5-7-13)19-17-15(11-18)20-16(22-17)9-8-14-3-2-10-23-14/h2-10,19H,1H3. The van der Waals surface area contributed by atoms with E-state index >= 15 is 0 Å². The van der Waals surface area contributed by atoms with Crippen LogP contribution in [0.2, 0.25) is 0 Å². The third-order valence-corrected chi connectivity index (χ3v) is 3.87. The molecule has 0 amide bonds. The number of ether oxygens (including phenoxy) is 1. The highest BCUT2D eigenvalue weighted by Gasteiger charge is 2.11. The number of rotatable bonds is 5. The number of anilines is 2. The summed E-state index contributed by atoms with van der Waals surface area (Å²) < 4.78 is 10.7. The van der Waals surface area contributed by atoms with Crippen molar-refractivity contribution in [2.45, 2.75) is 0 Å². The van der Waals surface area contributed by atoms with Crippen molar-refractivity contribution in [1.29, 1.82) is 5.26 Å². The van der Waals surface area contributed by atoms with Crippen LogP contribution >= 0.6 is 11.3 Å². The summed E-state index contributed by atoms with van der Waals surface area (Å²) in [5, 5.41) is 14.2. The van der Waals surface area contributed by atoms with Crippen molar-refractivity contribution in [1.82, 2.24) is 4.98 Å². The molecule has 0 aliphatic rings. The lowest BCUT2D eigenvalue weighted by molar-refractivity contribution is 0.415. The molecule has 0 aliphatic carbocycles. The number of thiophene rings is 1. The van der Waals surface area contributed by atoms with Gasteiger partial charge in [-0.25, -0.2) is 0 Å². The number of methoxy groups -OCH3 is 1. The van der Waals surface area contributed by atoms with E-state index in [0.29, 0.717) is 11.8 Å². The number of aromatic nitrogens is 1. The lowest BCUT2D eigenvalue weighted by Crippen LogP contribution is -1.91. The van der Waals surface area contributed by atoms with Crippen molar-refractivity contribution >= 4 is 35.1 Å². The number of benzene rings is 1. The molecule has 0 unspecified atom stereocenters. The van der Waals surface area contributed by atoms with Crippen LogP contribution < -0.4 is 10.1 Å². The van der Waals surface area contributed by atoms with E-state index in [-0.39, 0.29) is 5.69 Å². The quantitative estimate of drug-likeness (QED) is 0.747. The Morgan fingerprint density at radius 3 is 2.74 bits per heavy atom. The molecule has 2 heterocycles. The highest BCUT2D eigenvalue weighted by molar-refractivity contribution is 7.10.